The van der Waals surface area contributed by atoms with E-state index in [0.717, 1.165) is 6.07 Å². The summed E-state index contributed by atoms with van der Waals surface area (Å²) >= 11 is 0. The SMILES string of the molecule is COC(=O)N1CCC(NC(=O)NC[C@H](O)c2ccccc2C(F)(F)F)CC1. The standard InChI is InChI=1S/C17H22F3N3O4/c1-27-16(26)23-8-6-11(7-9-23)22-15(25)21-10-14(24)12-4-2-3-5-13(12)17(18,19)20/h2-5,11,14,24H,6-10H2,1H3,(H2,21,22,25)/t14-/m0/s1. The van der Waals surface area contributed by atoms with Crippen molar-refractivity contribution in [3.05, 3.63) is 35.4 Å². The number of methoxy groups -OCH3 is 1. The number of hydrogen-bond acceptors (Lipinski definition) is 4. The summed E-state index contributed by atoms with van der Waals surface area (Å²) in [5.74, 6) is 0. The number of carbonyl (C=O) groups is 2. The Labute approximate surface area is 154 Å². The van der Waals surface area contributed by atoms with Crippen LogP contribution in [0.5, 0.6) is 0 Å². The lowest BCUT2D eigenvalue weighted by atomic mass is 10.0. The third-order valence-electron chi connectivity index (χ3n) is 4.34. The van der Waals surface area contributed by atoms with Gasteiger partial charge in [0.15, 0.2) is 0 Å². The number of carbonyl (C=O) groups excluding carboxylic acids is 2. The quantitative estimate of drug-likeness (QED) is 0.737. The van der Waals surface area contributed by atoms with Crippen LogP contribution in [0.3, 0.4) is 0 Å². The Morgan fingerprint density at radius 2 is 1.93 bits per heavy atom. The fourth-order valence-electron chi connectivity index (χ4n) is 2.92. The molecule has 0 saturated carbocycles. The summed E-state index contributed by atoms with van der Waals surface area (Å²) in [5, 5.41) is 15.1. The number of nitrogens with zero attached hydrogens (tertiary/aromatic N) is 1. The van der Waals surface area contributed by atoms with Gasteiger partial charge >= 0.3 is 18.3 Å². The molecule has 7 nitrogen and oxygen atoms in total. The molecule has 1 atom stereocenters. The number of piperidine rings is 1. The molecule has 1 aliphatic heterocycles. The molecule has 3 amide bonds. The van der Waals surface area contributed by atoms with Crippen LogP contribution in [0.15, 0.2) is 24.3 Å². The largest absolute Gasteiger partial charge is 0.453 e. The van der Waals surface area contributed by atoms with E-state index in [-0.39, 0.29) is 18.2 Å². The van der Waals surface area contributed by atoms with Crippen molar-refractivity contribution in [2.24, 2.45) is 0 Å². The predicted octanol–water partition coefficient (Wildman–Crippen LogP) is 2.27. The van der Waals surface area contributed by atoms with Gasteiger partial charge in [-0.1, -0.05) is 18.2 Å². The molecule has 0 aliphatic carbocycles. The van der Waals surface area contributed by atoms with Crippen molar-refractivity contribution in [2.45, 2.75) is 31.2 Å². The number of rotatable bonds is 4. The fraction of sp³-hybridized carbons (Fsp3) is 0.529. The molecule has 1 aliphatic rings. The van der Waals surface area contributed by atoms with Gasteiger partial charge in [0.25, 0.3) is 0 Å². The Morgan fingerprint density at radius 1 is 1.30 bits per heavy atom. The Hall–Kier alpha value is -2.49. The van der Waals surface area contributed by atoms with E-state index in [4.69, 9.17) is 0 Å². The van der Waals surface area contributed by atoms with Crippen molar-refractivity contribution in [1.29, 1.82) is 0 Å². The number of nitrogens with one attached hydrogen (secondary N) is 2. The van der Waals surface area contributed by atoms with Gasteiger partial charge in [0.05, 0.1) is 18.8 Å². The molecule has 2 rings (SSSR count). The summed E-state index contributed by atoms with van der Waals surface area (Å²) in [6.07, 6.45) is -5.45. The van der Waals surface area contributed by atoms with Crippen molar-refractivity contribution in [3.8, 4) is 0 Å². The number of aliphatic hydroxyl groups excluding tert-OH is 1. The van der Waals surface area contributed by atoms with Crippen LogP contribution in [0, 0.1) is 0 Å². The summed E-state index contributed by atoms with van der Waals surface area (Å²) < 4.78 is 43.6. The summed E-state index contributed by atoms with van der Waals surface area (Å²) in [6.45, 7) is 0.498. The second-order valence-electron chi connectivity index (χ2n) is 6.19. The maximum absolute atomic E-state index is 13.0. The molecule has 1 saturated heterocycles. The number of aliphatic hydroxyl groups is 1. The maximum atomic E-state index is 13.0. The van der Waals surface area contributed by atoms with Crippen molar-refractivity contribution in [3.63, 3.8) is 0 Å². The Bertz CT molecular complexity index is 661. The molecular formula is C17H22F3N3O4. The monoisotopic (exact) mass is 389 g/mol. The summed E-state index contributed by atoms with van der Waals surface area (Å²) in [6, 6.07) is 3.92. The first-order valence-electron chi connectivity index (χ1n) is 8.43. The normalized spacial score (nSPS) is 16.6. The molecule has 10 heteroatoms. The van der Waals surface area contributed by atoms with Crippen molar-refractivity contribution in [1.82, 2.24) is 15.5 Å². The minimum atomic E-state index is -4.59. The third kappa shape index (κ3) is 5.75. The average Bonchev–Trinajstić information content (AvgIpc) is 2.65. The number of likely N-dealkylation sites (tertiary alicyclic amines) is 1. The number of amides is 3. The molecule has 27 heavy (non-hydrogen) atoms. The first kappa shape index (κ1) is 20.8. The Kier molecular flexibility index (Phi) is 6.89. The first-order valence-corrected chi connectivity index (χ1v) is 8.43. The van der Waals surface area contributed by atoms with Crippen LogP contribution >= 0.6 is 0 Å². The molecule has 1 aromatic carbocycles. The Balaban J connectivity index is 1.82. The van der Waals surface area contributed by atoms with Crippen LogP contribution in [0.25, 0.3) is 0 Å². The van der Waals surface area contributed by atoms with Gasteiger partial charge in [0.1, 0.15) is 0 Å². The van der Waals surface area contributed by atoms with E-state index >= 15 is 0 Å². The molecule has 0 aromatic heterocycles. The van der Waals surface area contributed by atoms with Gasteiger partial charge in [0, 0.05) is 25.7 Å². The van der Waals surface area contributed by atoms with Crippen LogP contribution in [-0.4, -0.2) is 54.9 Å². The van der Waals surface area contributed by atoms with Gasteiger partial charge in [-0.25, -0.2) is 9.59 Å². The minimum absolute atomic E-state index is 0.175. The highest BCUT2D eigenvalue weighted by atomic mass is 19.4. The number of alkyl halides is 3. The second-order valence-corrected chi connectivity index (χ2v) is 6.19. The van der Waals surface area contributed by atoms with Crippen molar-refractivity contribution >= 4 is 12.1 Å². The number of benzene rings is 1. The number of urea groups is 1. The second kappa shape index (κ2) is 8.94. The highest BCUT2D eigenvalue weighted by Crippen LogP contribution is 2.34. The molecule has 0 unspecified atom stereocenters. The lowest BCUT2D eigenvalue weighted by molar-refractivity contribution is -0.139. The highest BCUT2D eigenvalue weighted by Gasteiger charge is 2.34. The Morgan fingerprint density at radius 3 is 2.52 bits per heavy atom. The summed E-state index contributed by atoms with van der Waals surface area (Å²) in [7, 11) is 1.29. The lowest BCUT2D eigenvalue weighted by Crippen LogP contribution is -2.49. The van der Waals surface area contributed by atoms with Gasteiger partial charge < -0.3 is 25.4 Å². The molecular weight excluding hydrogens is 367 g/mol. The van der Waals surface area contributed by atoms with E-state index < -0.39 is 30.0 Å². The zero-order valence-electron chi connectivity index (χ0n) is 14.8. The van der Waals surface area contributed by atoms with Gasteiger partial charge in [0.2, 0.25) is 0 Å². The third-order valence-corrected chi connectivity index (χ3v) is 4.34. The lowest BCUT2D eigenvalue weighted by Gasteiger charge is -2.31. The number of halogens is 3. The van der Waals surface area contributed by atoms with Gasteiger partial charge in [-0.2, -0.15) is 13.2 Å². The van der Waals surface area contributed by atoms with Crippen LogP contribution in [0.2, 0.25) is 0 Å². The van der Waals surface area contributed by atoms with E-state index in [9.17, 15) is 27.9 Å². The van der Waals surface area contributed by atoms with Crippen LogP contribution in [0.1, 0.15) is 30.1 Å². The molecule has 3 N–H and O–H groups in total. The predicted molar refractivity (Wildman–Crippen MR) is 89.9 cm³/mol. The maximum Gasteiger partial charge on any atom is 0.416 e. The summed E-state index contributed by atoms with van der Waals surface area (Å²) in [4.78, 5) is 24.9. The zero-order chi connectivity index (χ0) is 20.0. The van der Waals surface area contributed by atoms with Gasteiger partial charge in [-0.05, 0) is 24.5 Å². The smallest absolute Gasteiger partial charge is 0.416 e. The first-order chi connectivity index (χ1) is 12.7. The van der Waals surface area contributed by atoms with E-state index in [0.29, 0.717) is 25.9 Å². The molecule has 0 bridgehead atoms. The highest BCUT2D eigenvalue weighted by molar-refractivity contribution is 5.74. The molecule has 0 radical (unpaired) electrons. The van der Waals surface area contributed by atoms with Crippen molar-refractivity contribution in [2.75, 3.05) is 26.7 Å². The molecule has 150 valence electrons. The van der Waals surface area contributed by atoms with Crippen LogP contribution in [-0.2, 0) is 10.9 Å². The van der Waals surface area contributed by atoms with E-state index in [1.54, 1.807) is 0 Å². The van der Waals surface area contributed by atoms with E-state index in [2.05, 4.69) is 15.4 Å². The average molecular weight is 389 g/mol. The molecule has 0 spiro atoms. The van der Waals surface area contributed by atoms with Crippen molar-refractivity contribution < 1.29 is 32.6 Å². The number of ether oxygens (including phenoxy) is 1. The van der Waals surface area contributed by atoms with Crippen LogP contribution in [0.4, 0.5) is 22.8 Å². The molecule has 1 heterocycles. The molecule has 1 aromatic rings. The van der Waals surface area contributed by atoms with E-state index in [1.165, 1.54) is 30.2 Å². The molecule has 1 fully saturated rings. The zero-order valence-corrected chi connectivity index (χ0v) is 14.8. The summed E-state index contributed by atoms with van der Waals surface area (Å²) in [5.41, 5.74) is -1.23. The van der Waals surface area contributed by atoms with Gasteiger partial charge in [-0.3, -0.25) is 0 Å². The minimum Gasteiger partial charge on any atom is -0.453 e. The van der Waals surface area contributed by atoms with Gasteiger partial charge in [-0.15, -0.1) is 0 Å². The van der Waals surface area contributed by atoms with Crippen LogP contribution < -0.4 is 10.6 Å². The number of hydrogen-bond donors (Lipinski definition) is 3. The van der Waals surface area contributed by atoms with E-state index in [1.807, 2.05) is 0 Å². The topological polar surface area (TPSA) is 90.9 Å². The fourth-order valence-corrected chi connectivity index (χ4v) is 2.92.